The van der Waals surface area contributed by atoms with Gasteiger partial charge in [0.1, 0.15) is 17.9 Å². The van der Waals surface area contributed by atoms with E-state index in [1.165, 1.54) is 11.3 Å². The van der Waals surface area contributed by atoms with Crippen LogP contribution in [0.15, 0.2) is 29.8 Å². The van der Waals surface area contributed by atoms with Crippen molar-refractivity contribution in [2.45, 2.75) is 0 Å². The minimum absolute atomic E-state index is 0.120. The molecule has 170 valence electrons. The highest BCUT2D eigenvalue weighted by Crippen LogP contribution is 2.39. The van der Waals surface area contributed by atoms with Gasteiger partial charge in [-0.05, 0) is 12.1 Å². The van der Waals surface area contributed by atoms with Crippen LogP contribution in [0.1, 0.15) is 10.4 Å². The number of benzene rings is 2. The van der Waals surface area contributed by atoms with E-state index in [0.717, 1.165) is 53.3 Å². The van der Waals surface area contributed by atoms with E-state index in [9.17, 15) is 4.79 Å². The first-order valence-electron chi connectivity index (χ1n) is 10.6. The molecule has 1 N–H and O–H groups in total. The van der Waals surface area contributed by atoms with E-state index in [-0.39, 0.29) is 12.7 Å². The van der Waals surface area contributed by atoms with E-state index in [2.05, 4.69) is 20.2 Å². The van der Waals surface area contributed by atoms with Crippen molar-refractivity contribution in [3.8, 4) is 17.2 Å². The number of amides is 1. The van der Waals surface area contributed by atoms with Crippen molar-refractivity contribution in [3.63, 3.8) is 0 Å². The Hall–Kier alpha value is -2.99. The highest BCUT2D eigenvalue weighted by molar-refractivity contribution is 7.24. The van der Waals surface area contributed by atoms with Gasteiger partial charge in [-0.25, -0.2) is 9.97 Å². The van der Waals surface area contributed by atoms with Crippen LogP contribution in [0.4, 0.5) is 5.13 Å². The zero-order chi connectivity index (χ0) is 22.2. The fraction of sp³-hybridized carbons (Fsp3) is 0.318. The lowest BCUT2D eigenvalue weighted by Gasteiger charge is -2.26. The van der Waals surface area contributed by atoms with Crippen molar-refractivity contribution in [3.05, 3.63) is 35.3 Å². The molecule has 0 aliphatic carbocycles. The molecule has 1 amide bonds. The highest BCUT2D eigenvalue weighted by Gasteiger charge is 2.23. The zero-order valence-electron chi connectivity index (χ0n) is 17.5. The molecular weight excluding hydrogens is 464 g/mol. The molecule has 0 spiro atoms. The number of morpholine rings is 1. The molecule has 33 heavy (non-hydrogen) atoms. The Morgan fingerprint density at radius 2 is 2.03 bits per heavy atom. The molecule has 0 saturated carbocycles. The lowest BCUT2D eigenvalue weighted by Crippen LogP contribution is -2.38. The van der Waals surface area contributed by atoms with Gasteiger partial charge in [0.05, 0.1) is 39.2 Å². The Morgan fingerprint density at radius 1 is 1.18 bits per heavy atom. The lowest BCUT2D eigenvalue weighted by atomic mass is 10.1. The fourth-order valence-electron chi connectivity index (χ4n) is 3.86. The Kier molecular flexibility index (Phi) is 5.46. The molecule has 0 radical (unpaired) electrons. The quantitative estimate of drug-likeness (QED) is 0.444. The summed E-state index contributed by atoms with van der Waals surface area (Å²) in [6.45, 7) is 4.53. The second-order valence-electron chi connectivity index (χ2n) is 7.59. The SMILES string of the molecule is O=C(Nc1nc2ccc3scnc3c2s1)c1cc2c(cc1OCCN1CCOCC1)OCO2. The Bertz CT molecular complexity index is 1330. The van der Waals surface area contributed by atoms with Crippen molar-refractivity contribution < 1.29 is 23.7 Å². The first-order valence-corrected chi connectivity index (χ1v) is 12.2. The number of thiazole rings is 2. The number of hydrogen-bond acceptors (Lipinski definition) is 10. The lowest BCUT2D eigenvalue weighted by molar-refractivity contribution is 0.0322. The van der Waals surface area contributed by atoms with Gasteiger partial charge in [-0.15, -0.1) is 11.3 Å². The molecule has 0 unspecified atom stereocenters. The van der Waals surface area contributed by atoms with E-state index in [1.807, 2.05) is 17.6 Å². The average Bonchev–Trinajstić information content (AvgIpc) is 3.57. The number of nitrogens with one attached hydrogen (secondary N) is 1. The summed E-state index contributed by atoms with van der Waals surface area (Å²) in [4.78, 5) is 24.5. The third kappa shape index (κ3) is 4.08. The van der Waals surface area contributed by atoms with Crippen molar-refractivity contribution in [2.75, 3.05) is 51.6 Å². The number of fused-ring (bicyclic) bond motifs is 4. The number of rotatable bonds is 6. The highest BCUT2D eigenvalue weighted by atomic mass is 32.1. The van der Waals surface area contributed by atoms with Crippen LogP contribution in [0.3, 0.4) is 0 Å². The molecule has 2 aliphatic rings. The standard InChI is InChI=1S/C22H20N4O5S2/c27-21(25-22-24-14-1-2-18-19(20(14)33-22)23-11-32-18)13-9-16-17(31-12-30-16)10-15(13)29-8-5-26-3-6-28-7-4-26/h1-2,9-11H,3-8,12H2,(H,24,25,27). The number of carbonyl (C=O) groups is 1. The molecule has 4 aromatic rings. The summed E-state index contributed by atoms with van der Waals surface area (Å²) in [6, 6.07) is 7.32. The number of anilines is 1. The predicted octanol–water partition coefficient (Wildman–Crippen LogP) is 3.60. The second-order valence-corrected chi connectivity index (χ2v) is 9.48. The predicted molar refractivity (Wildman–Crippen MR) is 126 cm³/mol. The summed E-state index contributed by atoms with van der Waals surface area (Å²) in [6.07, 6.45) is 0. The van der Waals surface area contributed by atoms with Crippen molar-refractivity contribution >= 4 is 54.1 Å². The molecule has 9 nitrogen and oxygen atoms in total. The van der Waals surface area contributed by atoms with Crippen LogP contribution >= 0.6 is 22.7 Å². The van der Waals surface area contributed by atoms with Gasteiger partial charge in [-0.1, -0.05) is 11.3 Å². The largest absolute Gasteiger partial charge is 0.491 e. The molecule has 1 saturated heterocycles. The Morgan fingerprint density at radius 3 is 2.91 bits per heavy atom. The zero-order valence-corrected chi connectivity index (χ0v) is 19.2. The van der Waals surface area contributed by atoms with E-state index < -0.39 is 0 Å². The Balaban J connectivity index is 1.23. The van der Waals surface area contributed by atoms with Crippen molar-refractivity contribution in [1.82, 2.24) is 14.9 Å². The van der Waals surface area contributed by atoms with Gasteiger partial charge in [0.15, 0.2) is 16.6 Å². The minimum atomic E-state index is -0.316. The van der Waals surface area contributed by atoms with Gasteiger partial charge in [0, 0.05) is 31.8 Å². The van der Waals surface area contributed by atoms with Crippen molar-refractivity contribution in [2.24, 2.45) is 0 Å². The molecule has 2 aromatic carbocycles. The van der Waals surface area contributed by atoms with Crippen LogP contribution in [0.5, 0.6) is 17.2 Å². The Labute approximate surface area is 196 Å². The summed E-state index contributed by atoms with van der Waals surface area (Å²) in [5.74, 6) is 1.23. The van der Waals surface area contributed by atoms with E-state index >= 15 is 0 Å². The molecule has 2 aliphatic heterocycles. The van der Waals surface area contributed by atoms with Crippen LogP contribution in [0.25, 0.3) is 20.4 Å². The number of ether oxygens (including phenoxy) is 4. The third-order valence-electron chi connectivity index (χ3n) is 5.56. The van der Waals surface area contributed by atoms with Gasteiger partial charge >= 0.3 is 0 Å². The molecule has 6 rings (SSSR count). The minimum Gasteiger partial charge on any atom is -0.491 e. The second kappa shape index (κ2) is 8.75. The van der Waals surface area contributed by atoms with Crippen LogP contribution in [0.2, 0.25) is 0 Å². The van der Waals surface area contributed by atoms with Gasteiger partial charge in [0.2, 0.25) is 6.79 Å². The fourth-order valence-corrected chi connectivity index (χ4v) is 5.57. The summed E-state index contributed by atoms with van der Waals surface area (Å²) in [5.41, 5.74) is 3.90. The first-order chi connectivity index (χ1) is 16.2. The molecule has 4 heterocycles. The van der Waals surface area contributed by atoms with Gasteiger partial charge < -0.3 is 18.9 Å². The maximum atomic E-state index is 13.2. The summed E-state index contributed by atoms with van der Waals surface area (Å²) in [5, 5.41) is 3.42. The average molecular weight is 485 g/mol. The topological polar surface area (TPSA) is 95.0 Å². The smallest absolute Gasteiger partial charge is 0.261 e. The van der Waals surface area contributed by atoms with E-state index in [4.69, 9.17) is 18.9 Å². The van der Waals surface area contributed by atoms with Gasteiger partial charge in [-0.2, -0.15) is 0 Å². The molecule has 1 fully saturated rings. The van der Waals surface area contributed by atoms with E-state index in [0.29, 0.717) is 34.6 Å². The molecule has 2 aromatic heterocycles. The van der Waals surface area contributed by atoms with Crippen LogP contribution < -0.4 is 19.5 Å². The molecule has 11 heteroatoms. The van der Waals surface area contributed by atoms with Gasteiger partial charge in [0.25, 0.3) is 5.91 Å². The van der Waals surface area contributed by atoms with Crippen molar-refractivity contribution in [1.29, 1.82) is 0 Å². The normalized spacial score (nSPS) is 15.9. The summed E-state index contributed by atoms with van der Waals surface area (Å²) >= 11 is 2.99. The maximum absolute atomic E-state index is 13.2. The number of aromatic nitrogens is 2. The van der Waals surface area contributed by atoms with Crippen LogP contribution in [-0.4, -0.2) is 67.0 Å². The van der Waals surface area contributed by atoms with Crippen LogP contribution in [0, 0.1) is 0 Å². The molecule has 0 bridgehead atoms. The van der Waals surface area contributed by atoms with Crippen LogP contribution in [-0.2, 0) is 4.74 Å². The number of carbonyl (C=O) groups excluding carboxylic acids is 1. The number of hydrogen-bond donors (Lipinski definition) is 1. The third-order valence-corrected chi connectivity index (χ3v) is 7.35. The monoisotopic (exact) mass is 484 g/mol. The summed E-state index contributed by atoms with van der Waals surface area (Å²) < 4.78 is 24.4. The maximum Gasteiger partial charge on any atom is 0.261 e. The number of nitrogens with zero attached hydrogens (tertiary/aromatic N) is 3. The molecule has 0 atom stereocenters. The van der Waals surface area contributed by atoms with E-state index in [1.54, 1.807) is 23.5 Å². The summed E-state index contributed by atoms with van der Waals surface area (Å²) in [7, 11) is 0. The van der Waals surface area contributed by atoms with Gasteiger partial charge in [-0.3, -0.25) is 15.0 Å². The molecular formula is C22H20N4O5S2. The first kappa shape index (κ1) is 20.6.